The molecule has 2 aromatic rings. The molecule has 0 amide bonds. The van der Waals surface area contributed by atoms with Crippen LogP contribution in [-0.4, -0.2) is 9.97 Å². The van der Waals surface area contributed by atoms with Gasteiger partial charge in [0.25, 0.3) is 0 Å². The summed E-state index contributed by atoms with van der Waals surface area (Å²) < 4.78 is 0. The number of hydrogen-bond donors (Lipinski definition) is 2. The number of pyridine rings is 2. The molecule has 0 saturated carbocycles. The summed E-state index contributed by atoms with van der Waals surface area (Å²) in [4.78, 5) is 8.33. The normalized spacial score (nSPS) is 11.9. The first-order chi connectivity index (χ1) is 7.38. The van der Waals surface area contributed by atoms with Crippen LogP contribution in [0.5, 0.6) is 0 Å². The number of aromatic nitrogens is 2. The molecule has 16 heavy (non-hydrogen) atoms. The molecule has 0 aromatic carbocycles. The summed E-state index contributed by atoms with van der Waals surface area (Å²) in [7, 11) is 0. The van der Waals surface area contributed by atoms with Crippen molar-refractivity contribution >= 4 is 22.5 Å². The molecule has 0 aliphatic rings. The molecular weight excluding hydrogens is 200 g/mol. The Balaban J connectivity index is 2.71. The van der Waals surface area contributed by atoms with Crippen LogP contribution in [0, 0.1) is 0 Å². The molecule has 84 valence electrons. The van der Waals surface area contributed by atoms with Gasteiger partial charge in [0.05, 0.1) is 0 Å². The van der Waals surface area contributed by atoms with E-state index in [0.717, 1.165) is 10.9 Å². The maximum absolute atomic E-state index is 5.76. The third-order valence-electron chi connectivity index (χ3n) is 2.58. The van der Waals surface area contributed by atoms with Crippen molar-refractivity contribution in [3.63, 3.8) is 0 Å². The molecule has 0 bridgehead atoms. The van der Waals surface area contributed by atoms with E-state index in [1.54, 1.807) is 6.07 Å². The zero-order valence-electron chi connectivity index (χ0n) is 9.78. The van der Waals surface area contributed by atoms with Crippen molar-refractivity contribution in [1.29, 1.82) is 0 Å². The maximum Gasteiger partial charge on any atom is 0.152 e. The van der Waals surface area contributed by atoms with Gasteiger partial charge in [-0.05, 0) is 23.1 Å². The van der Waals surface area contributed by atoms with Gasteiger partial charge in [-0.15, -0.1) is 0 Å². The van der Waals surface area contributed by atoms with Gasteiger partial charge in [-0.2, -0.15) is 0 Å². The largest absolute Gasteiger partial charge is 0.384 e. The van der Waals surface area contributed by atoms with Gasteiger partial charge in [0.1, 0.15) is 11.3 Å². The van der Waals surface area contributed by atoms with E-state index in [-0.39, 0.29) is 5.41 Å². The van der Waals surface area contributed by atoms with E-state index in [0.29, 0.717) is 17.2 Å². The van der Waals surface area contributed by atoms with Gasteiger partial charge in [-0.1, -0.05) is 20.8 Å². The molecule has 0 spiro atoms. The third kappa shape index (κ3) is 1.78. The summed E-state index contributed by atoms with van der Waals surface area (Å²) in [5.41, 5.74) is 13.4. The molecule has 0 aliphatic heterocycles. The monoisotopic (exact) mass is 216 g/mol. The number of nitrogens with two attached hydrogens (primary N) is 2. The fourth-order valence-corrected chi connectivity index (χ4v) is 1.60. The van der Waals surface area contributed by atoms with Crippen LogP contribution >= 0.6 is 0 Å². The average Bonchev–Trinajstić information content (AvgIpc) is 2.15. The predicted molar refractivity (Wildman–Crippen MR) is 67.1 cm³/mol. The van der Waals surface area contributed by atoms with Gasteiger partial charge in [0, 0.05) is 11.6 Å². The summed E-state index contributed by atoms with van der Waals surface area (Å²) in [5.74, 6) is 0.813. The Kier molecular flexibility index (Phi) is 2.22. The number of nitrogen functional groups attached to an aromatic ring is 2. The summed E-state index contributed by atoms with van der Waals surface area (Å²) in [6, 6.07) is 3.87. The molecule has 0 atom stereocenters. The number of rotatable bonds is 0. The van der Waals surface area contributed by atoms with E-state index in [4.69, 9.17) is 11.5 Å². The molecule has 4 heteroatoms. The highest BCUT2D eigenvalue weighted by molar-refractivity contribution is 5.89. The highest BCUT2D eigenvalue weighted by Gasteiger charge is 2.15. The minimum atomic E-state index is 0.0635. The van der Waals surface area contributed by atoms with Crippen molar-refractivity contribution in [3.05, 3.63) is 23.9 Å². The van der Waals surface area contributed by atoms with Gasteiger partial charge < -0.3 is 11.5 Å². The topological polar surface area (TPSA) is 77.8 Å². The molecular formula is C12H16N4. The minimum Gasteiger partial charge on any atom is -0.384 e. The Bertz CT molecular complexity index is 540. The van der Waals surface area contributed by atoms with Crippen LogP contribution in [0.15, 0.2) is 18.3 Å². The lowest BCUT2D eigenvalue weighted by Gasteiger charge is -2.19. The Hall–Kier alpha value is -1.84. The van der Waals surface area contributed by atoms with Gasteiger partial charge in [0.2, 0.25) is 0 Å². The Labute approximate surface area is 94.7 Å². The van der Waals surface area contributed by atoms with Gasteiger partial charge in [-0.3, -0.25) is 4.98 Å². The lowest BCUT2D eigenvalue weighted by atomic mass is 9.88. The number of anilines is 2. The third-order valence-corrected chi connectivity index (χ3v) is 2.58. The van der Waals surface area contributed by atoms with Crippen molar-refractivity contribution in [1.82, 2.24) is 9.97 Å². The maximum atomic E-state index is 5.76. The van der Waals surface area contributed by atoms with E-state index < -0.39 is 0 Å². The van der Waals surface area contributed by atoms with Crippen molar-refractivity contribution in [2.45, 2.75) is 26.2 Å². The van der Waals surface area contributed by atoms with Crippen LogP contribution in [0.1, 0.15) is 26.3 Å². The number of nitrogens with zero attached hydrogens (tertiary/aromatic N) is 2. The van der Waals surface area contributed by atoms with E-state index in [2.05, 4.69) is 36.8 Å². The Morgan fingerprint density at radius 3 is 2.44 bits per heavy atom. The Morgan fingerprint density at radius 1 is 1.12 bits per heavy atom. The highest BCUT2D eigenvalue weighted by atomic mass is 14.9. The molecule has 2 aromatic heterocycles. The molecule has 0 unspecified atom stereocenters. The second-order valence-corrected chi connectivity index (χ2v) is 4.98. The predicted octanol–water partition coefficient (Wildman–Crippen LogP) is 2.09. The van der Waals surface area contributed by atoms with Crippen LogP contribution in [0.3, 0.4) is 0 Å². The first-order valence-electron chi connectivity index (χ1n) is 5.20. The van der Waals surface area contributed by atoms with Gasteiger partial charge in [-0.25, -0.2) is 4.98 Å². The van der Waals surface area contributed by atoms with E-state index in [1.165, 1.54) is 0 Å². The molecule has 0 saturated heterocycles. The molecule has 0 radical (unpaired) electrons. The smallest absolute Gasteiger partial charge is 0.152 e. The molecule has 0 fully saturated rings. The minimum absolute atomic E-state index is 0.0635. The van der Waals surface area contributed by atoms with Crippen LogP contribution in [0.2, 0.25) is 0 Å². The van der Waals surface area contributed by atoms with Gasteiger partial charge in [0.15, 0.2) is 5.82 Å². The lowest BCUT2D eigenvalue weighted by molar-refractivity contribution is 0.589. The Morgan fingerprint density at radius 2 is 1.81 bits per heavy atom. The van der Waals surface area contributed by atoms with Crippen LogP contribution in [-0.2, 0) is 5.41 Å². The molecule has 2 rings (SSSR count). The molecule has 0 aliphatic carbocycles. The molecule has 4 N–H and O–H groups in total. The lowest BCUT2D eigenvalue weighted by Crippen LogP contribution is -2.11. The standard InChI is InChI=1S/C12H16N4/c1-12(2,3)8-4-7-5-9(13)16-11(14)10(7)15-6-8/h4-6H,1-3H3,(H4,13,14,16). The quantitative estimate of drug-likeness (QED) is 0.706. The second-order valence-electron chi connectivity index (χ2n) is 4.98. The fourth-order valence-electron chi connectivity index (χ4n) is 1.60. The zero-order valence-corrected chi connectivity index (χ0v) is 9.78. The SMILES string of the molecule is CC(C)(C)c1cnc2c(N)nc(N)cc2c1. The first kappa shape index (κ1) is 10.7. The number of fused-ring (bicyclic) bond motifs is 1. The number of hydrogen-bond acceptors (Lipinski definition) is 4. The zero-order chi connectivity index (χ0) is 11.9. The van der Waals surface area contributed by atoms with Crippen molar-refractivity contribution < 1.29 is 0 Å². The highest BCUT2D eigenvalue weighted by Crippen LogP contribution is 2.26. The fraction of sp³-hybridized carbons (Fsp3) is 0.333. The van der Waals surface area contributed by atoms with Crippen molar-refractivity contribution in [2.24, 2.45) is 0 Å². The molecule has 2 heterocycles. The van der Waals surface area contributed by atoms with Crippen molar-refractivity contribution in [3.8, 4) is 0 Å². The van der Waals surface area contributed by atoms with Crippen LogP contribution < -0.4 is 11.5 Å². The average molecular weight is 216 g/mol. The van der Waals surface area contributed by atoms with E-state index in [1.807, 2.05) is 6.20 Å². The first-order valence-corrected chi connectivity index (χ1v) is 5.20. The van der Waals surface area contributed by atoms with Gasteiger partial charge >= 0.3 is 0 Å². The summed E-state index contributed by atoms with van der Waals surface area (Å²) in [6.45, 7) is 6.43. The molecule has 4 nitrogen and oxygen atoms in total. The van der Waals surface area contributed by atoms with E-state index in [9.17, 15) is 0 Å². The summed E-state index contributed by atoms with van der Waals surface area (Å²) >= 11 is 0. The van der Waals surface area contributed by atoms with Crippen LogP contribution in [0.4, 0.5) is 11.6 Å². The summed E-state index contributed by atoms with van der Waals surface area (Å²) in [6.07, 6.45) is 1.84. The summed E-state index contributed by atoms with van der Waals surface area (Å²) in [5, 5.41) is 0.942. The van der Waals surface area contributed by atoms with E-state index >= 15 is 0 Å². The van der Waals surface area contributed by atoms with Crippen molar-refractivity contribution in [2.75, 3.05) is 11.5 Å². The second kappa shape index (κ2) is 3.33. The van der Waals surface area contributed by atoms with Crippen LogP contribution in [0.25, 0.3) is 10.9 Å².